The Kier molecular flexibility index (Phi) is 2.23. The van der Waals surface area contributed by atoms with E-state index in [1.165, 1.54) is 6.42 Å². The molecule has 0 unspecified atom stereocenters. The lowest BCUT2D eigenvalue weighted by Gasteiger charge is -2.13. The van der Waals surface area contributed by atoms with Gasteiger partial charge in [-0.05, 0) is 25.7 Å². The standard InChI is InChI=1S/C12H16N2O3/c1-2-10-9(5-8(1)16-10)12-13-11(14-17-12)7-3-4-15-6-7/h7-10H,1-6H2/t7-,8+,9+,10+/m0/s1. The van der Waals surface area contributed by atoms with Crippen molar-refractivity contribution in [3.05, 3.63) is 11.7 Å². The lowest BCUT2D eigenvalue weighted by atomic mass is 9.89. The highest BCUT2D eigenvalue weighted by Gasteiger charge is 2.44. The number of rotatable bonds is 2. The zero-order valence-electron chi connectivity index (χ0n) is 9.67. The summed E-state index contributed by atoms with van der Waals surface area (Å²) >= 11 is 0. The first-order valence-electron chi connectivity index (χ1n) is 6.47. The molecular weight excluding hydrogens is 220 g/mol. The molecule has 1 aromatic heterocycles. The molecule has 2 bridgehead atoms. The third-order valence-corrected chi connectivity index (χ3v) is 4.18. The van der Waals surface area contributed by atoms with Gasteiger partial charge in [-0.3, -0.25) is 0 Å². The van der Waals surface area contributed by atoms with Gasteiger partial charge in [-0.2, -0.15) is 4.98 Å². The molecule has 0 saturated carbocycles. The van der Waals surface area contributed by atoms with Crippen LogP contribution in [0.15, 0.2) is 4.52 Å². The monoisotopic (exact) mass is 236 g/mol. The van der Waals surface area contributed by atoms with Crippen molar-refractivity contribution in [3.63, 3.8) is 0 Å². The molecule has 0 aliphatic carbocycles. The van der Waals surface area contributed by atoms with Crippen molar-refractivity contribution < 1.29 is 14.0 Å². The molecule has 4 atom stereocenters. The zero-order chi connectivity index (χ0) is 11.2. The molecule has 0 aromatic carbocycles. The van der Waals surface area contributed by atoms with E-state index >= 15 is 0 Å². The van der Waals surface area contributed by atoms with E-state index in [1.807, 2.05) is 0 Å². The van der Waals surface area contributed by atoms with E-state index < -0.39 is 0 Å². The van der Waals surface area contributed by atoms with E-state index in [1.54, 1.807) is 0 Å². The van der Waals surface area contributed by atoms with E-state index in [0.717, 1.165) is 44.2 Å². The van der Waals surface area contributed by atoms with Gasteiger partial charge in [0.1, 0.15) is 0 Å². The van der Waals surface area contributed by atoms with Gasteiger partial charge in [0.25, 0.3) is 0 Å². The van der Waals surface area contributed by atoms with Crippen LogP contribution in [0.3, 0.4) is 0 Å². The van der Waals surface area contributed by atoms with Gasteiger partial charge in [-0.15, -0.1) is 0 Å². The van der Waals surface area contributed by atoms with Gasteiger partial charge in [0.2, 0.25) is 5.89 Å². The van der Waals surface area contributed by atoms with E-state index in [2.05, 4.69) is 10.1 Å². The van der Waals surface area contributed by atoms with E-state index in [0.29, 0.717) is 24.0 Å². The lowest BCUT2D eigenvalue weighted by molar-refractivity contribution is 0.0974. The molecule has 5 nitrogen and oxygen atoms in total. The molecule has 4 rings (SSSR count). The largest absolute Gasteiger partial charge is 0.381 e. The molecule has 0 N–H and O–H groups in total. The van der Waals surface area contributed by atoms with Crippen LogP contribution >= 0.6 is 0 Å². The van der Waals surface area contributed by atoms with Crippen molar-refractivity contribution in [2.45, 2.75) is 49.7 Å². The fourth-order valence-corrected chi connectivity index (χ4v) is 3.20. The van der Waals surface area contributed by atoms with Crippen molar-refractivity contribution >= 4 is 0 Å². The van der Waals surface area contributed by atoms with Gasteiger partial charge >= 0.3 is 0 Å². The van der Waals surface area contributed by atoms with Crippen molar-refractivity contribution in [1.29, 1.82) is 0 Å². The minimum absolute atomic E-state index is 0.313. The maximum Gasteiger partial charge on any atom is 0.232 e. The van der Waals surface area contributed by atoms with Crippen LogP contribution in [-0.4, -0.2) is 35.6 Å². The number of hydrogen-bond donors (Lipinski definition) is 0. The Balaban J connectivity index is 1.54. The molecule has 1 aromatic rings. The molecule has 92 valence electrons. The summed E-state index contributed by atoms with van der Waals surface area (Å²) in [7, 11) is 0. The van der Waals surface area contributed by atoms with Gasteiger partial charge < -0.3 is 14.0 Å². The average molecular weight is 236 g/mol. The first kappa shape index (κ1) is 10.0. The predicted molar refractivity (Wildman–Crippen MR) is 57.7 cm³/mol. The summed E-state index contributed by atoms with van der Waals surface area (Å²) in [4.78, 5) is 4.56. The number of hydrogen-bond acceptors (Lipinski definition) is 5. The van der Waals surface area contributed by atoms with Crippen LogP contribution in [0.2, 0.25) is 0 Å². The maximum absolute atomic E-state index is 5.82. The van der Waals surface area contributed by atoms with Crippen LogP contribution in [0.4, 0.5) is 0 Å². The van der Waals surface area contributed by atoms with Gasteiger partial charge in [-0.1, -0.05) is 5.16 Å². The Morgan fingerprint density at radius 1 is 1.18 bits per heavy atom. The predicted octanol–water partition coefficient (Wildman–Crippen LogP) is 1.61. The second kappa shape index (κ2) is 3.78. The molecule has 3 saturated heterocycles. The van der Waals surface area contributed by atoms with Crippen LogP contribution in [0.5, 0.6) is 0 Å². The summed E-state index contributed by atoms with van der Waals surface area (Å²) in [6.07, 6.45) is 5.13. The summed E-state index contributed by atoms with van der Waals surface area (Å²) in [5.74, 6) is 2.25. The Morgan fingerprint density at radius 3 is 2.88 bits per heavy atom. The summed E-state index contributed by atoms with van der Waals surface area (Å²) < 4.78 is 16.6. The Hall–Kier alpha value is -0.940. The van der Waals surface area contributed by atoms with Crippen molar-refractivity contribution in [1.82, 2.24) is 10.1 Å². The molecule has 0 amide bonds. The Morgan fingerprint density at radius 2 is 2.18 bits per heavy atom. The van der Waals surface area contributed by atoms with E-state index in [4.69, 9.17) is 14.0 Å². The number of ether oxygens (including phenoxy) is 2. The Bertz CT molecular complexity index is 414. The summed E-state index contributed by atoms with van der Waals surface area (Å²) in [5, 5.41) is 4.10. The van der Waals surface area contributed by atoms with Crippen molar-refractivity contribution in [3.8, 4) is 0 Å². The second-order valence-electron chi connectivity index (χ2n) is 5.27. The lowest BCUT2D eigenvalue weighted by Crippen LogP contribution is -2.14. The summed E-state index contributed by atoms with van der Waals surface area (Å²) in [5.41, 5.74) is 0. The van der Waals surface area contributed by atoms with Crippen molar-refractivity contribution in [2.24, 2.45) is 0 Å². The highest BCUT2D eigenvalue weighted by molar-refractivity contribution is 5.07. The highest BCUT2D eigenvalue weighted by Crippen LogP contribution is 2.44. The molecule has 0 radical (unpaired) electrons. The summed E-state index contributed by atoms with van der Waals surface area (Å²) in [6, 6.07) is 0. The first-order chi connectivity index (χ1) is 8.40. The topological polar surface area (TPSA) is 57.4 Å². The van der Waals surface area contributed by atoms with E-state index in [-0.39, 0.29) is 0 Å². The number of fused-ring (bicyclic) bond motifs is 2. The highest BCUT2D eigenvalue weighted by atomic mass is 16.5. The normalized spacial score (nSPS) is 40.2. The third kappa shape index (κ3) is 1.60. The minimum Gasteiger partial charge on any atom is -0.381 e. The third-order valence-electron chi connectivity index (χ3n) is 4.18. The second-order valence-corrected chi connectivity index (χ2v) is 5.27. The van der Waals surface area contributed by atoms with Gasteiger partial charge in [0.05, 0.1) is 24.7 Å². The molecule has 4 heterocycles. The molecule has 3 aliphatic rings. The average Bonchev–Trinajstić information content (AvgIpc) is 3.12. The SMILES string of the molecule is C1C[C@H](c2noc([C@@H]3C[C@H]4CC[C@H]3O4)n2)CO1. The summed E-state index contributed by atoms with van der Waals surface area (Å²) in [6.45, 7) is 1.54. The zero-order valence-corrected chi connectivity index (χ0v) is 9.67. The smallest absolute Gasteiger partial charge is 0.232 e. The van der Waals surface area contributed by atoms with Crippen LogP contribution in [0.25, 0.3) is 0 Å². The Labute approximate surface area is 99.5 Å². The molecule has 3 fully saturated rings. The molecule has 5 heteroatoms. The van der Waals surface area contributed by atoms with Gasteiger partial charge in [-0.25, -0.2) is 0 Å². The van der Waals surface area contributed by atoms with Crippen LogP contribution < -0.4 is 0 Å². The molecular formula is C12H16N2O3. The quantitative estimate of drug-likeness (QED) is 0.780. The fraction of sp³-hybridized carbons (Fsp3) is 0.833. The molecule has 17 heavy (non-hydrogen) atoms. The van der Waals surface area contributed by atoms with Crippen LogP contribution in [0, 0.1) is 0 Å². The number of nitrogens with zero attached hydrogens (tertiary/aromatic N) is 2. The van der Waals surface area contributed by atoms with Gasteiger partial charge in [0.15, 0.2) is 5.82 Å². The first-order valence-corrected chi connectivity index (χ1v) is 6.47. The van der Waals surface area contributed by atoms with Gasteiger partial charge in [0, 0.05) is 12.5 Å². The van der Waals surface area contributed by atoms with Crippen LogP contribution in [0.1, 0.15) is 49.2 Å². The maximum atomic E-state index is 5.82. The minimum atomic E-state index is 0.313. The molecule has 0 spiro atoms. The number of aromatic nitrogens is 2. The van der Waals surface area contributed by atoms with Crippen LogP contribution in [-0.2, 0) is 9.47 Å². The fourth-order valence-electron chi connectivity index (χ4n) is 3.20. The van der Waals surface area contributed by atoms with Crippen molar-refractivity contribution in [2.75, 3.05) is 13.2 Å². The van der Waals surface area contributed by atoms with E-state index in [9.17, 15) is 0 Å². The molecule has 3 aliphatic heterocycles.